The molecular weight excluding hydrogens is 204 g/mol. The third-order valence-corrected chi connectivity index (χ3v) is 2.34. The Balaban J connectivity index is 1.81. The molecule has 0 radical (unpaired) electrons. The molecule has 86 valence electrons. The van der Waals surface area contributed by atoms with Gasteiger partial charge in [-0.25, -0.2) is 4.98 Å². The predicted molar refractivity (Wildman–Crippen MR) is 59.7 cm³/mol. The van der Waals surface area contributed by atoms with E-state index >= 15 is 0 Å². The molecule has 2 aromatic heterocycles. The summed E-state index contributed by atoms with van der Waals surface area (Å²) in [5.74, 6) is 1.27. The lowest BCUT2D eigenvalue weighted by Crippen LogP contribution is -2.12. The van der Waals surface area contributed by atoms with Gasteiger partial charge in [0.1, 0.15) is 0 Å². The molecule has 0 saturated carbocycles. The van der Waals surface area contributed by atoms with E-state index in [0.717, 1.165) is 23.7 Å². The van der Waals surface area contributed by atoms with Gasteiger partial charge in [0.15, 0.2) is 5.76 Å². The first-order chi connectivity index (χ1) is 7.75. The van der Waals surface area contributed by atoms with Crippen molar-refractivity contribution in [2.24, 2.45) is 0 Å². The minimum Gasteiger partial charge on any atom is -0.360 e. The highest BCUT2D eigenvalue weighted by atomic mass is 16.5. The summed E-state index contributed by atoms with van der Waals surface area (Å²) >= 11 is 0. The number of hydrogen-bond acceptors (Lipinski definition) is 4. The fraction of sp³-hybridized carbons (Fsp3) is 0.455. The quantitative estimate of drug-likeness (QED) is 0.806. The van der Waals surface area contributed by atoms with Gasteiger partial charge < -0.3 is 14.8 Å². The van der Waals surface area contributed by atoms with Crippen molar-refractivity contribution in [3.8, 4) is 0 Å². The highest BCUT2D eigenvalue weighted by Crippen LogP contribution is 2.13. The van der Waals surface area contributed by atoms with Crippen molar-refractivity contribution < 1.29 is 4.52 Å². The Labute approximate surface area is 94.3 Å². The smallest absolute Gasteiger partial charge is 0.150 e. The van der Waals surface area contributed by atoms with Crippen molar-refractivity contribution in [3.05, 3.63) is 35.7 Å². The Morgan fingerprint density at radius 2 is 2.31 bits per heavy atom. The molecule has 0 bridgehead atoms. The van der Waals surface area contributed by atoms with E-state index in [4.69, 9.17) is 4.52 Å². The van der Waals surface area contributed by atoms with Crippen LogP contribution in [0, 0.1) is 0 Å². The van der Waals surface area contributed by atoms with Crippen LogP contribution in [-0.2, 0) is 13.1 Å². The van der Waals surface area contributed by atoms with Gasteiger partial charge in [-0.1, -0.05) is 19.0 Å². The summed E-state index contributed by atoms with van der Waals surface area (Å²) in [4.78, 5) is 6.97. The maximum absolute atomic E-state index is 5.21. The summed E-state index contributed by atoms with van der Waals surface area (Å²) < 4.78 is 5.21. The average Bonchev–Trinajstić information content (AvgIpc) is 2.87. The molecule has 0 fully saturated rings. The predicted octanol–water partition coefficient (Wildman–Crippen LogP) is 1.81. The Morgan fingerprint density at radius 1 is 1.44 bits per heavy atom. The van der Waals surface area contributed by atoms with Crippen molar-refractivity contribution in [3.63, 3.8) is 0 Å². The van der Waals surface area contributed by atoms with Crippen LogP contribution in [0.25, 0.3) is 0 Å². The number of rotatable bonds is 5. The van der Waals surface area contributed by atoms with Crippen LogP contribution in [-0.4, -0.2) is 15.1 Å². The molecule has 5 heteroatoms. The summed E-state index contributed by atoms with van der Waals surface area (Å²) in [5.41, 5.74) is 2.06. The van der Waals surface area contributed by atoms with Crippen molar-refractivity contribution in [1.82, 2.24) is 20.4 Å². The van der Waals surface area contributed by atoms with Gasteiger partial charge in [0.25, 0.3) is 0 Å². The summed E-state index contributed by atoms with van der Waals surface area (Å²) in [6.45, 7) is 5.62. The fourth-order valence-corrected chi connectivity index (χ4v) is 1.39. The maximum atomic E-state index is 5.21. The van der Waals surface area contributed by atoms with Gasteiger partial charge in [-0.05, 0) is 5.92 Å². The van der Waals surface area contributed by atoms with E-state index in [1.807, 2.05) is 6.07 Å². The maximum Gasteiger partial charge on any atom is 0.150 e. The van der Waals surface area contributed by atoms with E-state index in [-0.39, 0.29) is 0 Å². The molecule has 2 heterocycles. The lowest BCUT2D eigenvalue weighted by Gasteiger charge is -1.98. The van der Waals surface area contributed by atoms with Crippen LogP contribution in [0.4, 0.5) is 0 Å². The van der Waals surface area contributed by atoms with Gasteiger partial charge in [0.2, 0.25) is 0 Å². The van der Waals surface area contributed by atoms with Crippen LogP contribution in [0.1, 0.15) is 36.9 Å². The van der Waals surface area contributed by atoms with Gasteiger partial charge in [-0.3, -0.25) is 0 Å². The first-order valence-corrected chi connectivity index (χ1v) is 5.39. The summed E-state index contributed by atoms with van der Waals surface area (Å²) in [6, 6.07) is 1.99. The molecule has 0 aliphatic heterocycles. The summed E-state index contributed by atoms with van der Waals surface area (Å²) in [6.07, 6.45) is 3.47. The number of imidazole rings is 1. The van der Waals surface area contributed by atoms with Crippen LogP contribution in [0.2, 0.25) is 0 Å². The lowest BCUT2D eigenvalue weighted by molar-refractivity contribution is 0.365. The van der Waals surface area contributed by atoms with E-state index in [1.165, 1.54) is 0 Å². The third-order valence-electron chi connectivity index (χ3n) is 2.34. The molecule has 0 saturated heterocycles. The van der Waals surface area contributed by atoms with Crippen molar-refractivity contribution in [2.45, 2.75) is 32.9 Å². The minimum atomic E-state index is 0.408. The second kappa shape index (κ2) is 4.94. The first kappa shape index (κ1) is 10.9. The molecule has 2 N–H and O–H groups in total. The van der Waals surface area contributed by atoms with Crippen LogP contribution in [0.15, 0.2) is 23.1 Å². The molecule has 0 atom stereocenters. The third kappa shape index (κ3) is 2.70. The zero-order valence-corrected chi connectivity index (χ0v) is 9.53. The normalized spacial score (nSPS) is 11.2. The van der Waals surface area contributed by atoms with Gasteiger partial charge >= 0.3 is 0 Å². The van der Waals surface area contributed by atoms with Gasteiger partial charge in [0, 0.05) is 24.5 Å². The highest BCUT2D eigenvalue weighted by Gasteiger charge is 2.06. The number of nitrogens with zero attached hydrogens (tertiary/aromatic N) is 2. The van der Waals surface area contributed by atoms with Crippen LogP contribution in [0.5, 0.6) is 0 Å². The number of aromatic amines is 1. The molecule has 0 unspecified atom stereocenters. The minimum absolute atomic E-state index is 0.408. The van der Waals surface area contributed by atoms with Crippen molar-refractivity contribution >= 4 is 0 Å². The standard InChI is InChI=1S/C11H16N4O/c1-8(2)11-3-10(16-15-11)6-12-4-9-5-13-7-14-9/h3,5,7-8,12H,4,6H2,1-2H3,(H,13,14). The van der Waals surface area contributed by atoms with E-state index in [1.54, 1.807) is 12.5 Å². The van der Waals surface area contributed by atoms with Crippen LogP contribution in [0.3, 0.4) is 0 Å². The molecule has 16 heavy (non-hydrogen) atoms. The van der Waals surface area contributed by atoms with E-state index in [9.17, 15) is 0 Å². The summed E-state index contributed by atoms with van der Waals surface area (Å²) in [7, 11) is 0. The average molecular weight is 220 g/mol. The van der Waals surface area contributed by atoms with E-state index < -0.39 is 0 Å². The second-order valence-corrected chi connectivity index (χ2v) is 4.05. The van der Waals surface area contributed by atoms with E-state index in [0.29, 0.717) is 12.5 Å². The fourth-order valence-electron chi connectivity index (χ4n) is 1.39. The number of nitrogens with one attached hydrogen (secondary N) is 2. The monoisotopic (exact) mass is 220 g/mol. The SMILES string of the molecule is CC(C)c1cc(CNCc2cnc[nH]2)on1. The molecule has 0 aliphatic rings. The van der Waals surface area contributed by atoms with Gasteiger partial charge in [0.05, 0.1) is 18.6 Å². The molecule has 2 aromatic rings. The van der Waals surface area contributed by atoms with Gasteiger partial charge in [-0.15, -0.1) is 0 Å². The number of H-pyrrole nitrogens is 1. The van der Waals surface area contributed by atoms with Crippen molar-refractivity contribution in [1.29, 1.82) is 0 Å². The highest BCUT2D eigenvalue weighted by molar-refractivity contribution is 5.08. The molecule has 0 spiro atoms. The van der Waals surface area contributed by atoms with Gasteiger partial charge in [-0.2, -0.15) is 0 Å². The van der Waals surface area contributed by atoms with Crippen molar-refractivity contribution in [2.75, 3.05) is 0 Å². The molecule has 5 nitrogen and oxygen atoms in total. The Morgan fingerprint density at radius 3 is 2.94 bits per heavy atom. The Hall–Kier alpha value is -1.62. The number of aromatic nitrogens is 3. The van der Waals surface area contributed by atoms with E-state index in [2.05, 4.69) is 34.3 Å². The molecule has 2 rings (SSSR count). The summed E-state index contributed by atoms with van der Waals surface area (Å²) in [5, 5.41) is 7.25. The Bertz CT molecular complexity index is 419. The topological polar surface area (TPSA) is 66.7 Å². The molecule has 0 aliphatic carbocycles. The number of hydrogen-bond donors (Lipinski definition) is 2. The second-order valence-electron chi connectivity index (χ2n) is 4.05. The van der Waals surface area contributed by atoms with Crippen LogP contribution >= 0.6 is 0 Å². The Kier molecular flexibility index (Phi) is 3.36. The zero-order valence-electron chi connectivity index (χ0n) is 9.53. The molecule has 0 aromatic carbocycles. The molecule has 0 amide bonds. The zero-order chi connectivity index (χ0) is 11.4. The lowest BCUT2D eigenvalue weighted by atomic mass is 10.1. The molecular formula is C11H16N4O. The van der Waals surface area contributed by atoms with Crippen LogP contribution < -0.4 is 5.32 Å². The largest absolute Gasteiger partial charge is 0.360 e. The first-order valence-electron chi connectivity index (χ1n) is 5.39.